The summed E-state index contributed by atoms with van der Waals surface area (Å²) in [6, 6.07) is 8.30. The number of aryl methyl sites for hydroxylation is 3. The lowest BCUT2D eigenvalue weighted by molar-refractivity contribution is 0.0730. The van der Waals surface area contributed by atoms with Crippen LogP contribution in [0.5, 0.6) is 5.75 Å². The van der Waals surface area contributed by atoms with Crippen LogP contribution in [0.2, 0.25) is 0 Å². The highest BCUT2D eigenvalue weighted by molar-refractivity contribution is 7.89. The number of benzene rings is 2. The maximum Gasteiger partial charge on any atom is 0.255 e. The maximum atomic E-state index is 13.1. The Bertz CT molecular complexity index is 1080. The summed E-state index contributed by atoms with van der Waals surface area (Å²) < 4.78 is 38.0. The van der Waals surface area contributed by atoms with Gasteiger partial charge in [0.1, 0.15) is 5.75 Å². The molecule has 31 heavy (non-hydrogen) atoms. The maximum absolute atomic E-state index is 13.1. The zero-order chi connectivity index (χ0) is 22.8. The van der Waals surface area contributed by atoms with Gasteiger partial charge in [0.25, 0.3) is 5.91 Å². The van der Waals surface area contributed by atoms with Crippen molar-refractivity contribution in [1.29, 1.82) is 0 Å². The third-order valence-electron chi connectivity index (χ3n) is 5.72. The number of amides is 1. The molecule has 0 spiro atoms. The van der Waals surface area contributed by atoms with Crippen molar-refractivity contribution in [2.75, 3.05) is 33.4 Å². The Labute approximate surface area is 184 Å². The molecule has 1 amide bonds. The van der Waals surface area contributed by atoms with Crippen molar-refractivity contribution in [3.8, 4) is 5.75 Å². The van der Waals surface area contributed by atoms with Crippen LogP contribution in [0.3, 0.4) is 0 Å². The van der Waals surface area contributed by atoms with Gasteiger partial charge in [-0.2, -0.15) is 4.31 Å². The smallest absolute Gasteiger partial charge is 0.255 e. The second-order valence-corrected chi connectivity index (χ2v) is 9.80. The average molecular weight is 447 g/mol. The van der Waals surface area contributed by atoms with E-state index in [-0.39, 0.29) is 22.4 Å². The number of hydrogen-bond acceptors (Lipinski definition) is 5. The molecule has 1 atom stereocenters. The van der Waals surface area contributed by atoms with Gasteiger partial charge in [-0.3, -0.25) is 4.79 Å². The molecule has 0 aromatic heterocycles. The van der Waals surface area contributed by atoms with E-state index < -0.39 is 10.0 Å². The average Bonchev–Trinajstić information content (AvgIpc) is 2.76. The molecule has 2 aromatic rings. The van der Waals surface area contributed by atoms with Gasteiger partial charge in [0.05, 0.1) is 36.8 Å². The third kappa shape index (κ3) is 4.92. The van der Waals surface area contributed by atoms with Crippen LogP contribution in [0, 0.1) is 20.8 Å². The third-order valence-corrected chi connectivity index (χ3v) is 7.61. The van der Waals surface area contributed by atoms with Gasteiger partial charge in [0.2, 0.25) is 10.0 Å². The number of sulfonamides is 1. The van der Waals surface area contributed by atoms with Crippen LogP contribution in [0.15, 0.2) is 35.2 Å². The fourth-order valence-electron chi connectivity index (χ4n) is 3.76. The molecule has 8 heteroatoms. The lowest BCUT2D eigenvalue weighted by Gasteiger charge is -2.26. The molecule has 3 rings (SSSR count). The number of rotatable bonds is 6. The summed E-state index contributed by atoms with van der Waals surface area (Å²) >= 11 is 0. The van der Waals surface area contributed by atoms with Crippen LogP contribution in [-0.4, -0.2) is 52.0 Å². The van der Waals surface area contributed by atoms with Crippen molar-refractivity contribution >= 4 is 15.9 Å². The number of hydrogen-bond donors (Lipinski definition) is 1. The standard InChI is InChI=1S/C23H30N2O5S/c1-15-12-17(3)20(13-16(15)2)18(4)24-23(26)21-14-19(6-7-22(21)29-5)31(27,28)25-8-10-30-11-9-25/h6-7,12-14,18H,8-11H2,1-5H3,(H,24,26). The minimum atomic E-state index is -3.72. The molecule has 1 heterocycles. The Balaban J connectivity index is 1.90. The van der Waals surface area contributed by atoms with Crippen LogP contribution in [0.25, 0.3) is 0 Å². The van der Waals surface area contributed by atoms with E-state index in [1.54, 1.807) is 0 Å². The number of carbonyl (C=O) groups excluding carboxylic acids is 1. The van der Waals surface area contributed by atoms with Gasteiger partial charge < -0.3 is 14.8 Å². The number of ether oxygens (including phenoxy) is 2. The molecule has 1 N–H and O–H groups in total. The molecule has 1 unspecified atom stereocenters. The first-order chi connectivity index (χ1) is 14.6. The molecule has 0 bridgehead atoms. The largest absolute Gasteiger partial charge is 0.496 e. The highest BCUT2D eigenvalue weighted by Gasteiger charge is 2.28. The molecule has 0 aliphatic carbocycles. The molecule has 1 aliphatic heterocycles. The zero-order valence-electron chi connectivity index (χ0n) is 18.7. The number of methoxy groups -OCH3 is 1. The lowest BCUT2D eigenvalue weighted by Crippen LogP contribution is -2.40. The normalized spacial score (nSPS) is 16.0. The molecular formula is C23H30N2O5S. The molecule has 7 nitrogen and oxygen atoms in total. The van der Waals surface area contributed by atoms with Crippen molar-refractivity contribution < 1.29 is 22.7 Å². The molecule has 1 fully saturated rings. The highest BCUT2D eigenvalue weighted by Crippen LogP contribution is 2.27. The van der Waals surface area contributed by atoms with Crippen molar-refractivity contribution in [3.63, 3.8) is 0 Å². The predicted molar refractivity (Wildman–Crippen MR) is 119 cm³/mol. The van der Waals surface area contributed by atoms with E-state index in [1.807, 2.05) is 20.8 Å². The molecule has 0 radical (unpaired) electrons. The number of morpholine rings is 1. The first kappa shape index (κ1) is 23.2. The monoisotopic (exact) mass is 446 g/mol. The Morgan fingerprint density at radius 3 is 2.35 bits per heavy atom. The topological polar surface area (TPSA) is 84.9 Å². The van der Waals surface area contributed by atoms with Gasteiger partial charge in [0, 0.05) is 13.1 Å². The van der Waals surface area contributed by atoms with Gasteiger partial charge in [-0.1, -0.05) is 12.1 Å². The van der Waals surface area contributed by atoms with Crippen molar-refractivity contribution in [3.05, 3.63) is 58.1 Å². The summed E-state index contributed by atoms with van der Waals surface area (Å²) in [5.74, 6) is -0.0663. The molecule has 168 valence electrons. The second-order valence-electron chi connectivity index (χ2n) is 7.87. The van der Waals surface area contributed by atoms with E-state index in [2.05, 4.69) is 24.4 Å². The van der Waals surface area contributed by atoms with E-state index >= 15 is 0 Å². The number of nitrogens with zero attached hydrogens (tertiary/aromatic N) is 1. The lowest BCUT2D eigenvalue weighted by atomic mass is 9.96. The van der Waals surface area contributed by atoms with Crippen LogP contribution in [-0.2, 0) is 14.8 Å². The quantitative estimate of drug-likeness (QED) is 0.737. The zero-order valence-corrected chi connectivity index (χ0v) is 19.5. The SMILES string of the molecule is COc1ccc(S(=O)(=O)N2CCOCC2)cc1C(=O)NC(C)c1cc(C)c(C)cc1C. The van der Waals surface area contributed by atoms with Crippen molar-refractivity contribution in [2.24, 2.45) is 0 Å². The van der Waals surface area contributed by atoms with Crippen molar-refractivity contribution in [2.45, 2.75) is 38.6 Å². The molecule has 0 saturated carbocycles. The highest BCUT2D eigenvalue weighted by atomic mass is 32.2. The minimum Gasteiger partial charge on any atom is -0.496 e. The van der Waals surface area contributed by atoms with Crippen molar-refractivity contribution in [1.82, 2.24) is 9.62 Å². The van der Waals surface area contributed by atoms with E-state index in [0.29, 0.717) is 32.1 Å². The van der Waals surface area contributed by atoms with Gasteiger partial charge >= 0.3 is 0 Å². The Hall–Kier alpha value is -2.42. The van der Waals surface area contributed by atoms with E-state index in [1.165, 1.54) is 35.2 Å². The van der Waals surface area contributed by atoms with Gasteiger partial charge in [0.15, 0.2) is 0 Å². The van der Waals surface area contributed by atoms with Gasteiger partial charge in [-0.05, 0) is 68.1 Å². The van der Waals surface area contributed by atoms with Crippen LogP contribution in [0.1, 0.15) is 45.6 Å². The van der Waals surface area contributed by atoms with Crippen LogP contribution in [0.4, 0.5) is 0 Å². The summed E-state index contributed by atoms with van der Waals surface area (Å²) in [4.78, 5) is 13.2. The van der Waals surface area contributed by atoms with E-state index in [4.69, 9.17) is 9.47 Å². The summed E-state index contributed by atoms with van der Waals surface area (Å²) in [5, 5.41) is 2.99. The molecule has 2 aromatic carbocycles. The van der Waals surface area contributed by atoms with Gasteiger partial charge in [-0.25, -0.2) is 8.42 Å². The number of carbonyl (C=O) groups is 1. The summed E-state index contributed by atoms with van der Waals surface area (Å²) in [7, 11) is -2.27. The summed E-state index contributed by atoms with van der Waals surface area (Å²) in [6.45, 7) is 9.32. The first-order valence-electron chi connectivity index (χ1n) is 10.3. The molecule has 1 saturated heterocycles. The molecular weight excluding hydrogens is 416 g/mol. The Kier molecular flexibility index (Phi) is 7.03. The second kappa shape index (κ2) is 9.38. The fourth-order valence-corrected chi connectivity index (χ4v) is 5.20. The van der Waals surface area contributed by atoms with E-state index in [9.17, 15) is 13.2 Å². The van der Waals surface area contributed by atoms with Crippen LogP contribution >= 0.6 is 0 Å². The predicted octanol–water partition coefficient (Wildman–Crippen LogP) is 3.13. The van der Waals surface area contributed by atoms with Gasteiger partial charge in [-0.15, -0.1) is 0 Å². The fraction of sp³-hybridized carbons (Fsp3) is 0.435. The Morgan fingerprint density at radius 2 is 1.71 bits per heavy atom. The summed E-state index contributed by atoms with van der Waals surface area (Å²) in [5.41, 5.74) is 4.64. The van der Waals surface area contributed by atoms with Crippen LogP contribution < -0.4 is 10.1 Å². The first-order valence-corrected chi connectivity index (χ1v) is 11.7. The summed E-state index contributed by atoms with van der Waals surface area (Å²) in [6.07, 6.45) is 0. The van der Waals surface area contributed by atoms with E-state index in [0.717, 1.165) is 16.7 Å². The number of nitrogens with one attached hydrogen (secondary N) is 1. The minimum absolute atomic E-state index is 0.0652. The Morgan fingerprint density at radius 1 is 1.06 bits per heavy atom. The molecule has 1 aliphatic rings.